The molecular formula is C29H33FN2O4. The third-order valence-corrected chi connectivity index (χ3v) is 6.02. The van der Waals surface area contributed by atoms with Crippen LogP contribution in [0.2, 0.25) is 0 Å². The van der Waals surface area contributed by atoms with Crippen molar-refractivity contribution in [1.82, 2.24) is 4.98 Å². The highest BCUT2D eigenvalue weighted by Crippen LogP contribution is 2.41. The summed E-state index contributed by atoms with van der Waals surface area (Å²) in [4.78, 5) is 18.5. The Morgan fingerprint density at radius 2 is 1.81 bits per heavy atom. The van der Waals surface area contributed by atoms with Gasteiger partial charge in [0.15, 0.2) is 17.3 Å². The van der Waals surface area contributed by atoms with Crippen molar-refractivity contribution >= 4 is 17.3 Å². The minimum absolute atomic E-state index is 0.0245. The lowest BCUT2D eigenvalue weighted by molar-refractivity contribution is 0.00695. The van der Waals surface area contributed by atoms with Crippen molar-refractivity contribution in [3.05, 3.63) is 77.9 Å². The van der Waals surface area contributed by atoms with Crippen LogP contribution < -0.4 is 14.4 Å². The number of pyridine rings is 1. The van der Waals surface area contributed by atoms with Gasteiger partial charge in [0.2, 0.25) is 0 Å². The quantitative estimate of drug-likeness (QED) is 0.321. The molecule has 0 spiro atoms. The van der Waals surface area contributed by atoms with Crippen LogP contribution >= 0.6 is 0 Å². The predicted octanol–water partition coefficient (Wildman–Crippen LogP) is 6.84. The second-order valence-electron chi connectivity index (χ2n) is 9.95. The first-order valence-corrected chi connectivity index (χ1v) is 12.3. The number of carbonyl (C=O) groups excluding carboxylic acids is 1. The Balaban J connectivity index is 1.71. The molecule has 1 aliphatic carbocycles. The van der Waals surface area contributed by atoms with E-state index in [2.05, 4.69) is 4.98 Å². The summed E-state index contributed by atoms with van der Waals surface area (Å²) < 4.78 is 33.1. The van der Waals surface area contributed by atoms with Crippen molar-refractivity contribution in [2.45, 2.75) is 64.7 Å². The summed E-state index contributed by atoms with van der Waals surface area (Å²) in [7, 11) is 1.51. The third kappa shape index (κ3) is 6.14. The number of methoxy groups -OCH3 is 1. The normalized spacial score (nSPS) is 13.9. The van der Waals surface area contributed by atoms with E-state index >= 15 is 4.39 Å². The zero-order valence-electron chi connectivity index (χ0n) is 21.3. The number of carbonyl (C=O) groups is 1. The van der Waals surface area contributed by atoms with Gasteiger partial charge >= 0.3 is 5.97 Å². The summed E-state index contributed by atoms with van der Waals surface area (Å²) in [6.45, 7) is 5.84. The first-order valence-electron chi connectivity index (χ1n) is 12.3. The van der Waals surface area contributed by atoms with E-state index < -0.39 is 17.4 Å². The van der Waals surface area contributed by atoms with Gasteiger partial charge in [0.25, 0.3) is 0 Å². The van der Waals surface area contributed by atoms with Crippen LogP contribution in [0.15, 0.2) is 60.9 Å². The standard InChI is InChI=1S/C29H33FN2O4/c1-29(2,3)36-28(33)21-11-13-22(14-12-21)32(19-20-8-7-17-31-18-20)24-15-16-25(34-4)27(26(24)30)35-23-9-5-6-10-23/h7-8,11-18,23H,5-6,9-10,19H2,1-4H3. The number of hydrogen-bond donors (Lipinski definition) is 0. The molecule has 36 heavy (non-hydrogen) atoms. The number of halogens is 1. The first kappa shape index (κ1) is 25.5. The summed E-state index contributed by atoms with van der Waals surface area (Å²) in [6, 6.07) is 14.2. The van der Waals surface area contributed by atoms with E-state index in [4.69, 9.17) is 14.2 Å². The summed E-state index contributed by atoms with van der Waals surface area (Å²) in [5.74, 6) is -0.398. The molecule has 2 aromatic carbocycles. The van der Waals surface area contributed by atoms with Gasteiger partial charge in [-0.2, -0.15) is 0 Å². The highest BCUT2D eigenvalue weighted by molar-refractivity contribution is 5.90. The molecule has 1 fully saturated rings. The fraction of sp³-hybridized carbons (Fsp3) is 0.379. The fourth-order valence-electron chi connectivity index (χ4n) is 4.28. The second-order valence-corrected chi connectivity index (χ2v) is 9.95. The summed E-state index contributed by atoms with van der Waals surface area (Å²) in [6.07, 6.45) is 7.38. The monoisotopic (exact) mass is 492 g/mol. The smallest absolute Gasteiger partial charge is 0.338 e. The molecule has 0 aliphatic heterocycles. The number of anilines is 2. The summed E-state index contributed by atoms with van der Waals surface area (Å²) in [5.41, 5.74) is 1.79. The van der Waals surface area contributed by atoms with Crippen molar-refractivity contribution in [2.24, 2.45) is 0 Å². The second kappa shape index (κ2) is 11.0. The van der Waals surface area contributed by atoms with Crippen molar-refractivity contribution in [3.63, 3.8) is 0 Å². The van der Waals surface area contributed by atoms with Crippen LogP contribution in [0.25, 0.3) is 0 Å². The number of ether oxygens (including phenoxy) is 3. The molecule has 3 aromatic rings. The van der Waals surface area contributed by atoms with Crippen LogP contribution in [-0.2, 0) is 11.3 Å². The van der Waals surface area contributed by atoms with E-state index in [1.54, 1.807) is 48.8 Å². The number of benzene rings is 2. The maximum atomic E-state index is 16.1. The maximum absolute atomic E-state index is 16.1. The molecule has 4 rings (SSSR count). The molecule has 1 aromatic heterocycles. The molecule has 190 valence electrons. The van der Waals surface area contributed by atoms with Gasteiger partial charge in [0.05, 0.1) is 24.5 Å². The number of rotatable bonds is 8. The van der Waals surface area contributed by atoms with Gasteiger partial charge < -0.3 is 19.1 Å². The third-order valence-electron chi connectivity index (χ3n) is 6.02. The van der Waals surface area contributed by atoms with E-state index in [1.165, 1.54) is 7.11 Å². The Bertz CT molecular complexity index is 1170. The molecule has 1 heterocycles. The molecule has 1 saturated carbocycles. The fourth-order valence-corrected chi connectivity index (χ4v) is 4.28. The van der Waals surface area contributed by atoms with Crippen molar-refractivity contribution in [3.8, 4) is 11.5 Å². The Hall–Kier alpha value is -3.61. The van der Waals surface area contributed by atoms with Crippen molar-refractivity contribution in [2.75, 3.05) is 12.0 Å². The van der Waals surface area contributed by atoms with Gasteiger partial charge in [0, 0.05) is 24.6 Å². The lowest BCUT2D eigenvalue weighted by Gasteiger charge is -2.27. The maximum Gasteiger partial charge on any atom is 0.338 e. The first-order chi connectivity index (χ1) is 17.2. The van der Waals surface area contributed by atoms with Crippen molar-refractivity contribution in [1.29, 1.82) is 0 Å². The molecule has 0 amide bonds. The van der Waals surface area contributed by atoms with Gasteiger partial charge in [-0.05, 0) is 94.5 Å². The molecule has 0 unspecified atom stereocenters. The van der Waals surface area contributed by atoms with Gasteiger partial charge in [-0.1, -0.05) is 6.07 Å². The van der Waals surface area contributed by atoms with Crippen LogP contribution in [0, 0.1) is 5.82 Å². The van der Waals surface area contributed by atoms with Crippen LogP contribution in [0.5, 0.6) is 11.5 Å². The number of hydrogen-bond acceptors (Lipinski definition) is 6. The van der Waals surface area contributed by atoms with Crippen LogP contribution in [0.1, 0.15) is 62.4 Å². The highest BCUT2D eigenvalue weighted by Gasteiger charge is 2.26. The lowest BCUT2D eigenvalue weighted by Crippen LogP contribution is -2.24. The molecule has 7 heteroatoms. The Kier molecular flexibility index (Phi) is 7.77. The van der Waals surface area contributed by atoms with Gasteiger partial charge in [-0.25, -0.2) is 9.18 Å². The molecule has 6 nitrogen and oxygen atoms in total. The van der Waals surface area contributed by atoms with Crippen molar-refractivity contribution < 1.29 is 23.4 Å². The molecule has 0 N–H and O–H groups in total. The molecule has 0 bridgehead atoms. The Morgan fingerprint density at radius 1 is 1.08 bits per heavy atom. The van der Waals surface area contributed by atoms with Gasteiger partial charge in [0.1, 0.15) is 5.60 Å². The molecule has 0 radical (unpaired) electrons. The minimum atomic E-state index is -0.593. The average molecular weight is 493 g/mol. The largest absolute Gasteiger partial charge is 0.493 e. The predicted molar refractivity (Wildman–Crippen MR) is 138 cm³/mol. The van der Waals surface area contributed by atoms with Crippen LogP contribution in [0.4, 0.5) is 15.8 Å². The van der Waals surface area contributed by atoms with E-state index in [9.17, 15) is 4.79 Å². The molecular weight excluding hydrogens is 459 g/mol. The van der Waals surface area contributed by atoms with E-state index in [1.807, 2.05) is 37.8 Å². The molecule has 1 aliphatic rings. The van der Waals surface area contributed by atoms with Crippen LogP contribution in [0.3, 0.4) is 0 Å². The highest BCUT2D eigenvalue weighted by atomic mass is 19.1. The SMILES string of the molecule is COc1ccc(N(Cc2cccnc2)c2ccc(C(=O)OC(C)(C)C)cc2)c(F)c1OC1CCCC1. The molecule has 0 saturated heterocycles. The van der Waals surface area contributed by atoms with Gasteiger partial charge in [-0.3, -0.25) is 4.98 Å². The van der Waals surface area contributed by atoms with Gasteiger partial charge in [-0.15, -0.1) is 0 Å². The Morgan fingerprint density at radius 3 is 2.42 bits per heavy atom. The zero-order chi connectivity index (χ0) is 25.7. The lowest BCUT2D eigenvalue weighted by atomic mass is 10.1. The zero-order valence-corrected chi connectivity index (χ0v) is 21.3. The number of aromatic nitrogens is 1. The topological polar surface area (TPSA) is 60.9 Å². The van der Waals surface area contributed by atoms with E-state index in [0.29, 0.717) is 29.2 Å². The number of nitrogens with zero attached hydrogens (tertiary/aromatic N) is 2. The average Bonchev–Trinajstić information content (AvgIpc) is 3.37. The van der Waals surface area contributed by atoms with E-state index in [0.717, 1.165) is 31.2 Å². The number of esters is 1. The van der Waals surface area contributed by atoms with Crippen LogP contribution in [-0.4, -0.2) is 29.8 Å². The Labute approximate surface area is 212 Å². The summed E-state index contributed by atoms with van der Waals surface area (Å²) in [5, 5.41) is 0. The minimum Gasteiger partial charge on any atom is -0.493 e. The summed E-state index contributed by atoms with van der Waals surface area (Å²) >= 11 is 0. The molecule has 0 atom stereocenters. The van der Waals surface area contributed by atoms with E-state index in [-0.39, 0.29) is 11.9 Å².